The fourth-order valence-corrected chi connectivity index (χ4v) is 1.99. The Morgan fingerprint density at radius 2 is 1.91 bits per heavy atom. The number of halogens is 2. The lowest BCUT2D eigenvalue weighted by atomic mass is 10.1. The monoisotopic (exact) mass is 312 g/mol. The molecule has 22 heavy (non-hydrogen) atoms. The lowest BCUT2D eigenvalue weighted by Crippen LogP contribution is -1.99. The highest BCUT2D eigenvalue weighted by atomic mass is 35.5. The molecule has 2 aromatic carbocycles. The molecule has 0 saturated carbocycles. The molecule has 0 aliphatic carbocycles. The van der Waals surface area contributed by atoms with E-state index in [0.717, 1.165) is 0 Å². The molecule has 0 aliphatic rings. The van der Waals surface area contributed by atoms with E-state index >= 15 is 0 Å². The van der Waals surface area contributed by atoms with Gasteiger partial charge in [-0.1, -0.05) is 29.8 Å². The van der Waals surface area contributed by atoms with Crippen LogP contribution >= 0.6 is 11.6 Å². The molecular weight excluding hydrogens is 303 g/mol. The third-order valence-corrected chi connectivity index (χ3v) is 3.21. The highest BCUT2D eigenvalue weighted by molar-refractivity contribution is 6.31. The van der Waals surface area contributed by atoms with Crippen molar-refractivity contribution >= 4 is 17.7 Å². The summed E-state index contributed by atoms with van der Waals surface area (Å²) in [6, 6.07) is 14.8. The van der Waals surface area contributed by atoms with Gasteiger partial charge in [0, 0.05) is 5.56 Å². The molecule has 0 amide bonds. The number of nitriles is 2. The fraction of sp³-hybridized carbons (Fsp3) is 0.0588. The van der Waals surface area contributed by atoms with Crippen molar-refractivity contribution in [3.63, 3.8) is 0 Å². The van der Waals surface area contributed by atoms with Crippen molar-refractivity contribution < 1.29 is 9.13 Å². The molecule has 3 nitrogen and oxygen atoms in total. The normalized spacial score (nSPS) is 9.45. The molecule has 0 spiro atoms. The molecule has 2 rings (SSSR count). The van der Waals surface area contributed by atoms with E-state index in [-0.39, 0.29) is 17.7 Å². The van der Waals surface area contributed by atoms with Crippen molar-refractivity contribution in [2.75, 3.05) is 0 Å². The fourth-order valence-electron chi connectivity index (χ4n) is 1.78. The van der Waals surface area contributed by atoms with Gasteiger partial charge in [-0.05, 0) is 35.9 Å². The van der Waals surface area contributed by atoms with Crippen molar-refractivity contribution in [2.45, 2.75) is 6.61 Å². The number of benzene rings is 2. The van der Waals surface area contributed by atoms with Crippen molar-refractivity contribution in [1.29, 1.82) is 10.5 Å². The van der Waals surface area contributed by atoms with Gasteiger partial charge in [-0.25, -0.2) is 4.39 Å². The van der Waals surface area contributed by atoms with E-state index < -0.39 is 5.82 Å². The Bertz CT molecular complexity index is 767. The molecule has 0 aliphatic heterocycles. The zero-order valence-corrected chi connectivity index (χ0v) is 12.1. The minimum Gasteiger partial charge on any atom is -0.489 e. The average molecular weight is 313 g/mol. The van der Waals surface area contributed by atoms with E-state index in [1.807, 2.05) is 0 Å². The number of nitrogens with zero attached hydrogens (tertiary/aromatic N) is 2. The third kappa shape index (κ3) is 3.85. The van der Waals surface area contributed by atoms with E-state index in [1.54, 1.807) is 42.5 Å². The number of hydrogen-bond donors (Lipinski definition) is 0. The topological polar surface area (TPSA) is 56.8 Å². The van der Waals surface area contributed by atoms with Gasteiger partial charge in [0.25, 0.3) is 0 Å². The second kappa shape index (κ2) is 7.26. The summed E-state index contributed by atoms with van der Waals surface area (Å²) in [5.41, 5.74) is 0.921. The summed E-state index contributed by atoms with van der Waals surface area (Å²) in [7, 11) is 0. The summed E-state index contributed by atoms with van der Waals surface area (Å²) in [6.07, 6.45) is 1.45. The Morgan fingerprint density at radius 3 is 2.59 bits per heavy atom. The van der Waals surface area contributed by atoms with Gasteiger partial charge in [-0.15, -0.1) is 0 Å². The van der Waals surface area contributed by atoms with Crippen LogP contribution in [-0.2, 0) is 6.61 Å². The lowest BCUT2D eigenvalue weighted by Gasteiger charge is -2.09. The van der Waals surface area contributed by atoms with Crippen LogP contribution in [0.5, 0.6) is 5.75 Å². The van der Waals surface area contributed by atoms with Crippen LogP contribution in [-0.4, -0.2) is 0 Å². The summed E-state index contributed by atoms with van der Waals surface area (Å²) in [5.74, 6) is 0.0584. The highest BCUT2D eigenvalue weighted by Crippen LogP contribution is 2.22. The lowest BCUT2D eigenvalue weighted by molar-refractivity contribution is 0.300. The van der Waals surface area contributed by atoms with E-state index in [0.29, 0.717) is 16.3 Å². The van der Waals surface area contributed by atoms with Gasteiger partial charge < -0.3 is 4.74 Å². The highest BCUT2D eigenvalue weighted by Gasteiger charge is 2.07. The van der Waals surface area contributed by atoms with E-state index in [2.05, 4.69) is 0 Å². The van der Waals surface area contributed by atoms with Crippen molar-refractivity contribution in [3.8, 4) is 17.9 Å². The first-order valence-corrected chi connectivity index (χ1v) is 6.69. The SMILES string of the molecule is N#CC(C#N)=Cc1cccc(OCc2c(F)cccc2Cl)c1. The maximum atomic E-state index is 13.7. The third-order valence-electron chi connectivity index (χ3n) is 2.85. The quantitative estimate of drug-likeness (QED) is 0.782. The number of rotatable bonds is 4. The van der Waals surface area contributed by atoms with Crippen molar-refractivity contribution in [1.82, 2.24) is 0 Å². The van der Waals surface area contributed by atoms with Crippen LogP contribution < -0.4 is 4.74 Å². The van der Waals surface area contributed by atoms with Crippen LogP contribution in [0.2, 0.25) is 5.02 Å². The Labute approximate surface area is 132 Å². The molecule has 0 radical (unpaired) electrons. The maximum absolute atomic E-state index is 13.7. The molecule has 5 heteroatoms. The van der Waals surface area contributed by atoms with Crippen molar-refractivity contribution in [3.05, 3.63) is 70.0 Å². The summed E-state index contributed by atoms with van der Waals surface area (Å²) in [5, 5.41) is 17.8. The summed E-state index contributed by atoms with van der Waals surface area (Å²) in [6.45, 7) is -0.0119. The van der Waals surface area contributed by atoms with Gasteiger partial charge in [0.1, 0.15) is 35.9 Å². The van der Waals surface area contributed by atoms with E-state index in [9.17, 15) is 4.39 Å². The van der Waals surface area contributed by atoms with Crippen LogP contribution in [0.4, 0.5) is 4.39 Å². The van der Waals surface area contributed by atoms with Crippen LogP contribution in [0.1, 0.15) is 11.1 Å². The Morgan fingerprint density at radius 1 is 1.18 bits per heavy atom. The average Bonchev–Trinajstić information content (AvgIpc) is 2.52. The number of ether oxygens (including phenoxy) is 1. The molecule has 0 bridgehead atoms. The van der Waals surface area contributed by atoms with Crippen molar-refractivity contribution in [2.24, 2.45) is 0 Å². The second-order valence-electron chi connectivity index (χ2n) is 4.34. The van der Waals surface area contributed by atoms with Crippen LogP contribution in [0.15, 0.2) is 48.0 Å². The smallest absolute Gasteiger partial charge is 0.131 e. The summed E-state index contributed by atoms with van der Waals surface area (Å²) in [4.78, 5) is 0. The first-order chi connectivity index (χ1) is 10.6. The minimum atomic E-state index is -0.431. The second-order valence-corrected chi connectivity index (χ2v) is 4.75. The molecule has 0 N–H and O–H groups in total. The van der Waals surface area contributed by atoms with E-state index in [1.165, 1.54) is 18.2 Å². The van der Waals surface area contributed by atoms with Gasteiger partial charge in [0.2, 0.25) is 0 Å². The largest absolute Gasteiger partial charge is 0.489 e. The predicted octanol–water partition coefficient (Wildman–Crippen LogP) is 4.49. The molecule has 108 valence electrons. The molecule has 2 aromatic rings. The Balaban J connectivity index is 2.17. The molecule has 0 atom stereocenters. The molecular formula is C17H10ClFN2O. The summed E-state index contributed by atoms with van der Waals surface area (Å²) < 4.78 is 19.2. The van der Waals surface area contributed by atoms with Gasteiger partial charge in [0.15, 0.2) is 0 Å². The molecule has 0 saturated heterocycles. The van der Waals surface area contributed by atoms with Gasteiger partial charge in [-0.3, -0.25) is 0 Å². The molecule has 0 fully saturated rings. The zero-order chi connectivity index (χ0) is 15.9. The first kappa shape index (κ1) is 15.6. The molecule has 0 aromatic heterocycles. The van der Waals surface area contributed by atoms with Gasteiger partial charge in [-0.2, -0.15) is 10.5 Å². The number of allylic oxidation sites excluding steroid dienone is 1. The maximum Gasteiger partial charge on any atom is 0.131 e. The molecule has 0 unspecified atom stereocenters. The van der Waals surface area contributed by atoms with E-state index in [4.69, 9.17) is 26.9 Å². The standard InChI is InChI=1S/C17H10ClFN2O/c18-16-5-2-6-17(19)15(16)11-22-14-4-1-3-12(8-14)7-13(9-20)10-21/h1-8H,11H2. The summed E-state index contributed by atoms with van der Waals surface area (Å²) >= 11 is 5.93. The number of hydrogen-bond acceptors (Lipinski definition) is 3. The zero-order valence-electron chi connectivity index (χ0n) is 11.4. The molecule has 0 heterocycles. The van der Waals surface area contributed by atoms with Gasteiger partial charge in [0.05, 0.1) is 5.02 Å². The van der Waals surface area contributed by atoms with Crippen LogP contribution in [0.3, 0.4) is 0 Å². The Kier molecular flexibility index (Phi) is 5.14. The van der Waals surface area contributed by atoms with Gasteiger partial charge >= 0.3 is 0 Å². The Hall–Kier alpha value is -2.82. The first-order valence-electron chi connectivity index (χ1n) is 6.31. The predicted molar refractivity (Wildman–Crippen MR) is 81.4 cm³/mol. The minimum absolute atomic E-state index is 0.00528. The van der Waals surface area contributed by atoms with Crippen LogP contribution in [0.25, 0.3) is 6.08 Å². The van der Waals surface area contributed by atoms with Crippen LogP contribution in [0, 0.1) is 28.5 Å².